The number of hydrogen-bond acceptors (Lipinski definition) is 5. The van der Waals surface area contributed by atoms with Gasteiger partial charge >= 0.3 is 0 Å². The van der Waals surface area contributed by atoms with Gasteiger partial charge in [-0.3, -0.25) is 10.1 Å². The second-order valence-corrected chi connectivity index (χ2v) is 7.38. The van der Waals surface area contributed by atoms with Crippen molar-refractivity contribution in [2.45, 2.75) is 38.0 Å². The summed E-state index contributed by atoms with van der Waals surface area (Å²) in [5.74, 6) is 1.53. The fourth-order valence-corrected chi connectivity index (χ4v) is 4.15. The van der Waals surface area contributed by atoms with Crippen LogP contribution in [0.2, 0.25) is 0 Å². The summed E-state index contributed by atoms with van der Waals surface area (Å²) in [6, 6.07) is 6.67. The van der Waals surface area contributed by atoms with Gasteiger partial charge < -0.3 is 10.2 Å². The maximum absolute atomic E-state index is 10.9. The number of anilines is 1. The molecule has 2 aromatic rings. The van der Waals surface area contributed by atoms with E-state index in [1.54, 1.807) is 24.3 Å². The zero-order chi connectivity index (χ0) is 18.1. The average molecular weight is 355 g/mol. The number of fused-ring (bicyclic) bond motifs is 1. The van der Waals surface area contributed by atoms with Crippen LogP contribution in [0, 0.1) is 10.1 Å². The molecule has 7 heteroatoms. The molecule has 0 aliphatic carbocycles. The second kappa shape index (κ2) is 7.07. The zero-order valence-electron chi connectivity index (χ0n) is 15.1. The maximum Gasteiger partial charge on any atom is 0.269 e. The number of nitrogens with zero attached hydrogens (tertiary/aromatic N) is 4. The van der Waals surface area contributed by atoms with Crippen molar-refractivity contribution in [2.24, 2.45) is 0 Å². The number of likely N-dealkylation sites (tertiary alicyclic amines) is 1. The summed E-state index contributed by atoms with van der Waals surface area (Å²) in [6.07, 6.45) is 5.74. The Balaban J connectivity index is 1.75. The first kappa shape index (κ1) is 17.0. The molecule has 2 aliphatic heterocycles. The number of non-ortho nitro benzene ring substituents is 1. The number of nitro groups is 1. The summed E-state index contributed by atoms with van der Waals surface area (Å²) < 4.78 is 1.95. The number of benzene rings is 1. The molecule has 4 rings (SSSR count). The molecular formula is C19H25N5O2. The highest BCUT2D eigenvalue weighted by Gasteiger charge is 2.28. The topological polar surface area (TPSA) is 76.2 Å². The fourth-order valence-electron chi connectivity index (χ4n) is 4.15. The third kappa shape index (κ3) is 3.19. The number of piperidine rings is 1. The largest absolute Gasteiger partial charge is 0.370 e. The van der Waals surface area contributed by atoms with Crippen molar-refractivity contribution >= 4 is 11.5 Å². The standard InChI is InChI=1S/C19H25N5O2/c1-22-12-4-5-14(13-22)18-17-6-2-3-11-20-19(17)23(21-18)15-7-9-16(10-8-15)24(25)26/h7-10,14,20H,2-6,11-13H2,1H3. The molecule has 1 fully saturated rings. The average Bonchev–Trinajstić information content (AvgIpc) is 2.83. The normalized spacial score (nSPS) is 20.9. The van der Waals surface area contributed by atoms with Crippen LogP contribution in [0.25, 0.3) is 5.69 Å². The summed E-state index contributed by atoms with van der Waals surface area (Å²) in [5.41, 5.74) is 3.52. The first-order valence-electron chi connectivity index (χ1n) is 9.42. The van der Waals surface area contributed by atoms with Crippen LogP contribution in [0.15, 0.2) is 24.3 Å². The van der Waals surface area contributed by atoms with E-state index in [1.807, 2.05) is 4.68 Å². The van der Waals surface area contributed by atoms with E-state index < -0.39 is 0 Å². The maximum atomic E-state index is 10.9. The summed E-state index contributed by atoms with van der Waals surface area (Å²) in [7, 11) is 2.18. The van der Waals surface area contributed by atoms with E-state index >= 15 is 0 Å². The Hall–Kier alpha value is -2.41. The van der Waals surface area contributed by atoms with Crippen molar-refractivity contribution in [3.8, 4) is 5.69 Å². The smallest absolute Gasteiger partial charge is 0.269 e. The van der Waals surface area contributed by atoms with Crippen LogP contribution < -0.4 is 5.32 Å². The summed E-state index contributed by atoms with van der Waals surface area (Å²) in [5, 5.41) is 19.5. The lowest BCUT2D eigenvalue weighted by Crippen LogP contribution is -2.31. The van der Waals surface area contributed by atoms with Crippen LogP contribution in [0.1, 0.15) is 42.9 Å². The van der Waals surface area contributed by atoms with Gasteiger partial charge in [-0.1, -0.05) is 0 Å². The van der Waals surface area contributed by atoms with Gasteiger partial charge in [0, 0.05) is 36.7 Å². The Morgan fingerprint density at radius 3 is 2.77 bits per heavy atom. The van der Waals surface area contributed by atoms with Crippen molar-refractivity contribution in [2.75, 3.05) is 32.0 Å². The molecule has 0 saturated carbocycles. The van der Waals surface area contributed by atoms with Crippen molar-refractivity contribution < 1.29 is 4.92 Å². The summed E-state index contributed by atoms with van der Waals surface area (Å²) in [4.78, 5) is 13.0. The van der Waals surface area contributed by atoms with E-state index in [0.717, 1.165) is 44.0 Å². The van der Waals surface area contributed by atoms with Crippen molar-refractivity contribution in [3.05, 3.63) is 45.6 Å². The van der Waals surface area contributed by atoms with Gasteiger partial charge in [0.1, 0.15) is 5.82 Å². The van der Waals surface area contributed by atoms with Gasteiger partial charge in [0.05, 0.1) is 16.3 Å². The molecule has 0 amide bonds. The number of aromatic nitrogens is 2. The fraction of sp³-hybridized carbons (Fsp3) is 0.526. The van der Waals surface area contributed by atoms with Gasteiger partial charge in [0.25, 0.3) is 5.69 Å². The number of likely N-dealkylation sites (N-methyl/N-ethyl adjacent to an activating group) is 1. The van der Waals surface area contributed by atoms with Gasteiger partial charge in [-0.2, -0.15) is 5.10 Å². The van der Waals surface area contributed by atoms with Crippen LogP contribution in [-0.4, -0.2) is 46.3 Å². The van der Waals surface area contributed by atoms with E-state index in [4.69, 9.17) is 5.10 Å². The number of nitro benzene ring substituents is 1. The minimum absolute atomic E-state index is 0.106. The summed E-state index contributed by atoms with van der Waals surface area (Å²) in [6.45, 7) is 3.14. The molecule has 26 heavy (non-hydrogen) atoms. The van der Waals surface area contributed by atoms with Crippen LogP contribution in [0.4, 0.5) is 11.5 Å². The monoisotopic (exact) mass is 355 g/mol. The highest BCUT2D eigenvalue weighted by atomic mass is 16.6. The Morgan fingerprint density at radius 1 is 1.23 bits per heavy atom. The quantitative estimate of drug-likeness (QED) is 0.675. The molecule has 0 spiro atoms. The van der Waals surface area contributed by atoms with Crippen molar-refractivity contribution in [3.63, 3.8) is 0 Å². The van der Waals surface area contributed by atoms with Crippen LogP contribution >= 0.6 is 0 Å². The SMILES string of the molecule is CN1CCCC(c2nn(-c3ccc([N+](=O)[O-])cc3)c3c2CCCCN3)C1. The van der Waals surface area contributed by atoms with Gasteiger partial charge in [0.15, 0.2) is 0 Å². The molecule has 1 N–H and O–H groups in total. The van der Waals surface area contributed by atoms with E-state index in [2.05, 4.69) is 17.3 Å². The first-order chi connectivity index (χ1) is 12.6. The van der Waals surface area contributed by atoms with Gasteiger partial charge in [-0.15, -0.1) is 0 Å². The molecular weight excluding hydrogens is 330 g/mol. The lowest BCUT2D eigenvalue weighted by molar-refractivity contribution is -0.384. The van der Waals surface area contributed by atoms with Crippen molar-refractivity contribution in [1.82, 2.24) is 14.7 Å². The molecule has 1 unspecified atom stereocenters. The van der Waals surface area contributed by atoms with Crippen LogP contribution in [-0.2, 0) is 6.42 Å². The third-order valence-electron chi connectivity index (χ3n) is 5.48. The van der Waals surface area contributed by atoms with E-state index in [0.29, 0.717) is 5.92 Å². The Bertz CT molecular complexity index is 799. The lowest BCUT2D eigenvalue weighted by Gasteiger charge is -2.29. The van der Waals surface area contributed by atoms with E-state index in [1.165, 1.54) is 30.5 Å². The Labute approximate surface area is 153 Å². The predicted molar refractivity (Wildman–Crippen MR) is 101 cm³/mol. The molecule has 0 radical (unpaired) electrons. The van der Waals surface area contributed by atoms with Crippen LogP contribution in [0.3, 0.4) is 0 Å². The first-order valence-corrected chi connectivity index (χ1v) is 9.42. The lowest BCUT2D eigenvalue weighted by atomic mass is 9.91. The minimum atomic E-state index is -0.366. The van der Waals surface area contributed by atoms with E-state index in [-0.39, 0.29) is 10.6 Å². The highest BCUT2D eigenvalue weighted by molar-refractivity contribution is 5.56. The second-order valence-electron chi connectivity index (χ2n) is 7.38. The molecule has 2 aliphatic rings. The third-order valence-corrected chi connectivity index (χ3v) is 5.48. The molecule has 0 bridgehead atoms. The van der Waals surface area contributed by atoms with Gasteiger partial charge in [0.2, 0.25) is 0 Å². The molecule has 1 aromatic carbocycles. The molecule has 138 valence electrons. The summed E-state index contributed by atoms with van der Waals surface area (Å²) >= 11 is 0. The van der Waals surface area contributed by atoms with Gasteiger partial charge in [-0.25, -0.2) is 4.68 Å². The molecule has 3 heterocycles. The van der Waals surface area contributed by atoms with Crippen LogP contribution in [0.5, 0.6) is 0 Å². The number of hydrogen-bond donors (Lipinski definition) is 1. The Morgan fingerprint density at radius 2 is 2.04 bits per heavy atom. The Kier molecular flexibility index (Phi) is 4.63. The molecule has 1 saturated heterocycles. The molecule has 7 nitrogen and oxygen atoms in total. The molecule has 1 atom stereocenters. The number of nitrogens with one attached hydrogen (secondary N) is 1. The van der Waals surface area contributed by atoms with Crippen molar-refractivity contribution in [1.29, 1.82) is 0 Å². The minimum Gasteiger partial charge on any atom is -0.370 e. The van der Waals surface area contributed by atoms with Gasteiger partial charge in [-0.05, 0) is 57.8 Å². The predicted octanol–water partition coefficient (Wildman–Crippen LogP) is 3.34. The number of rotatable bonds is 3. The zero-order valence-corrected chi connectivity index (χ0v) is 15.1. The molecule has 1 aromatic heterocycles. The highest BCUT2D eigenvalue weighted by Crippen LogP contribution is 2.35. The van der Waals surface area contributed by atoms with E-state index in [9.17, 15) is 10.1 Å².